The average molecular weight is 425 g/mol. The number of carbonyl (C=O) groups is 2. The van der Waals surface area contributed by atoms with E-state index in [1.165, 1.54) is 29.8 Å². The van der Waals surface area contributed by atoms with Crippen LogP contribution in [0.3, 0.4) is 0 Å². The number of thiophene rings is 2. The Balaban J connectivity index is 2.20. The van der Waals surface area contributed by atoms with Crippen LogP contribution in [0.1, 0.15) is 19.3 Å². The zero-order chi connectivity index (χ0) is 14.0. The van der Waals surface area contributed by atoms with Gasteiger partial charge in [0.15, 0.2) is 0 Å². The van der Waals surface area contributed by atoms with Gasteiger partial charge in [0.2, 0.25) is 0 Å². The number of anilines is 1. The summed E-state index contributed by atoms with van der Waals surface area (Å²) in [4.78, 5) is 24.5. The molecule has 0 bridgehead atoms. The first kappa shape index (κ1) is 14.7. The van der Waals surface area contributed by atoms with Gasteiger partial charge in [-0.05, 0) is 49.4 Å². The van der Waals surface area contributed by atoms with Gasteiger partial charge in [0.1, 0.15) is 4.88 Å². The predicted molar refractivity (Wildman–Crippen MR) is 83.3 cm³/mol. The van der Waals surface area contributed by atoms with E-state index in [9.17, 15) is 9.59 Å². The summed E-state index contributed by atoms with van der Waals surface area (Å²) in [7, 11) is 1.31. The van der Waals surface area contributed by atoms with Crippen molar-refractivity contribution < 1.29 is 14.3 Å². The molecule has 2 aromatic heterocycles. The van der Waals surface area contributed by atoms with Crippen LogP contribution in [0.4, 0.5) is 5.69 Å². The molecule has 0 saturated heterocycles. The number of carbonyl (C=O) groups excluding carboxylic acids is 2. The molecule has 2 heterocycles. The number of hydrogen-bond acceptors (Lipinski definition) is 5. The summed E-state index contributed by atoms with van der Waals surface area (Å²) in [6.07, 6.45) is 0. The molecule has 0 fully saturated rings. The maximum Gasteiger partial charge on any atom is 0.350 e. The number of rotatable bonds is 3. The molecule has 0 unspecified atom stereocenters. The van der Waals surface area contributed by atoms with Crippen molar-refractivity contribution in [3.05, 3.63) is 35.5 Å². The summed E-state index contributed by atoms with van der Waals surface area (Å²) in [6, 6.07) is 3.39. The van der Waals surface area contributed by atoms with Gasteiger partial charge in [-0.2, -0.15) is 0 Å². The summed E-state index contributed by atoms with van der Waals surface area (Å²) in [5, 5.41) is 4.43. The van der Waals surface area contributed by atoms with Crippen LogP contribution >= 0.6 is 54.5 Å². The number of amides is 1. The third-order valence-electron chi connectivity index (χ3n) is 2.15. The Morgan fingerprint density at radius 3 is 2.68 bits per heavy atom. The Hall–Kier alpha value is -0.700. The SMILES string of the molecule is COC(=O)c1sccc1NC(=O)c1cc(Br)c(Br)s1. The van der Waals surface area contributed by atoms with E-state index in [1.54, 1.807) is 17.5 Å². The first-order valence-electron chi connectivity index (χ1n) is 4.95. The normalized spacial score (nSPS) is 10.3. The Bertz CT molecular complexity index is 616. The summed E-state index contributed by atoms with van der Waals surface area (Å²) < 4.78 is 6.32. The minimum atomic E-state index is -0.459. The third kappa shape index (κ3) is 3.25. The van der Waals surface area contributed by atoms with Crippen LogP contribution < -0.4 is 5.32 Å². The van der Waals surface area contributed by atoms with Crippen LogP contribution in [-0.4, -0.2) is 19.0 Å². The summed E-state index contributed by atoms with van der Waals surface area (Å²) in [5.74, 6) is -0.723. The number of ether oxygens (including phenoxy) is 1. The average Bonchev–Trinajstić information content (AvgIpc) is 2.96. The second kappa shape index (κ2) is 6.17. The van der Waals surface area contributed by atoms with E-state index >= 15 is 0 Å². The van der Waals surface area contributed by atoms with Crippen molar-refractivity contribution >= 4 is 72.1 Å². The molecule has 0 aliphatic carbocycles. The minimum Gasteiger partial charge on any atom is -0.465 e. The standard InChI is InChI=1S/C11H7Br2NO3S2/c1-17-11(16)8-6(2-3-18-8)14-10(15)7-4-5(12)9(13)19-7/h2-4H,1H3,(H,14,15). The van der Waals surface area contributed by atoms with Crippen molar-refractivity contribution in [2.45, 2.75) is 0 Å². The van der Waals surface area contributed by atoms with E-state index in [2.05, 4.69) is 41.9 Å². The molecule has 2 rings (SSSR count). The van der Waals surface area contributed by atoms with E-state index in [1.807, 2.05) is 0 Å². The molecule has 1 amide bonds. The molecular formula is C11H7Br2NO3S2. The van der Waals surface area contributed by atoms with Gasteiger partial charge in [-0.25, -0.2) is 4.79 Å². The van der Waals surface area contributed by atoms with Gasteiger partial charge in [0, 0.05) is 4.47 Å². The number of methoxy groups -OCH3 is 1. The maximum absolute atomic E-state index is 12.1. The number of esters is 1. The summed E-state index contributed by atoms with van der Waals surface area (Å²) in [6.45, 7) is 0. The lowest BCUT2D eigenvalue weighted by Crippen LogP contribution is -2.12. The lowest BCUT2D eigenvalue weighted by molar-refractivity contribution is 0.0607. The van der Waals surface area contributed by atoms with E-state index < -0.39 is 5.97 Å². The Kier molecular flexibility index (Phi) is 4.77. The quantitative estimate of drug-likeness (QED) is 0.744. The third-order valence-corrected chi connectivity index (χ3v) is 6.30. The van der Waals surface area contributed by atoms with Gasteiger partial charge in [0.05, 0.1) is 21.5 Å². The molecule has 0 spiro atoms. The lowest BCUT2D eigenvalue weighted by atomic mass is 10.3. The van der Waals surface area contributed by atoms with Gasteiger partial charge < -0.3 is 10.1 Å². The van der Waals surface area contributed by atoms with Gasteiger partial charge in [-0.3, -0.25) is 4.79 Å². The van der Waals surface area contributed by atoms with E-state index in [-0.39, 0.29) is 5.91 Å². The van der Waals surface area contributed by atoms with Crippen molar-refractivity contribution in [1.82, 2.24) is 0 Å². The first-order chi connectivity index (χ1) is 9.02. The zero-order valence-corrected chi connectivity index (χ0v) is 14.3. The number of nitrogens with one attached hydrogen (secondary N) is 1. The molecule has 0 radical (unpaired) electrons. The van der Waals surface area contributed by atoms with Crippen molar-refractivity contribution in [2.75, 3.05) is 12.4 Å². The van der Waals surface area contributed by atoms with Gasteiger partial charge >= 0.3 is 5.97 Å². The summed E-state index contributed by atoms with van der Waals surface area (Å²) >= 11 is 9.19. The predicted octanol–water partition coefficient (Wildman–Crippen LogP) is 4.37. The van der Waals surface area contributed by atoms with E-state index in [4.69, 9.17) is 0 Å². The Labute approximate surface area is 134 Å². The Morgan fingerprint density at radius 1 is 1.37 bits per heavy atom. The molecule has 0 aliphatic heterocycles. The molecular weight excluding hydrogens is 418 g/mol. The summed E-state index contributed by atoms with van der Waals surface area (Å²) in [5.41, 5.74) is 0.461. The fourth-order valence-electron chi connectivity index (χ4n) is 1.30. The van der Waals surface area contributed by atoms with E-state index in [0.29, 0.717) is 15.4 Å². The molecule has 0 saturated carbocycles. The van der Waals surface area contributed by atoms with Crippen molar-refractivity contribution in [1.29, 1.82) is 0 Å². The second-order valence-electron chi connectivity index (χ2n) is 3.34. The van der Waals surface area contributed by atoms with Crippen LogP contribution in [0, 0.1) is 0 Å². The highest BCUT2D eigenvalue weighted by molar-refractivity contribution is 9.13. The highest BCUT2D eigenvalue weighted by Gasteiger charge is 2.18. The number of halogens is 2. The zero-order valence-electron chi connectivity index (χ0n) is 9.53. The van der Waals surface area contributed by atoms with Gasteiger partial charge in [-0.15, -0.1) is 22.7 Å². The minimum absolute atomic E-state index is 0.264. The molecule has 0 atom stereocenters. The fourth-order valence-corrected chi connectivity index (χ4v) is 4.00. The van der Waals surface area contributed by atoms with Crippen LogP contribution in [0.5, 0.6) is 0 Å². The van der Waals surface area contributed by atoms with Crippen LogP contribution in [-0.2, 0) is 4.74 Å². The molecule has 100 valence electrons. The van der Waals surface area contributed by atoms with Crippen LogP contribution in [0.25, 0.3) is 0 Å². The molecule has 0 aliphatic rings. The van der Waals surface area contributed by atoms with Crippen molar-refractivity contribution in [3.8, 4) is 0 Å². The monoisotopic (exact) mass is 423 g/mol. The van der Waals surface area contributed by atoms with Crippen molar-refractivity contribution in [2.24, 2.45) is 0 Å². The molecule has 2 aromatic rings. The smallest absolute Gasteiger partial charge is 0.350 e. The van der Waals surface area contributed by atoms with Crippen molar-refractivity contribution in [3.63, 3.8) is 0 Å². The van der Waals surface area contributed by atoms with Gasteiger partial charge in [0.25, 0.3) is 5.91 Å². The fraction of sp³-hybridized carbons (Fsp3) is 0.0909. The molecule has 0 aromatic carbocycles. The lowest BCUT2D eigenvalue weighted by Gasteiger charge is -2.03. The largest absolute Gasteiger partial charge is 0.465 e. The van der Waals surface area contributed by atoms with Gasteiger partial charge in [-0.1, -0.05) is 0 Å². The second-order valence-corrected chi connectivity index (χ2v) is 7.48. The molecule has 1 N–H and O–H groups in total. The van der Waals surface area contributed by atoms with E-state index in [0.717, 1.165) is 8.26 Å². The highest BCUT2D eigenvalue weighted by Crippen LogP contribution is 2.33. The maximum atomic E-state index is 12.1. The molecule has 8 heteroatoms. The van der Waals surface area contributed by atoms with Crippen LogP contribution in [0.2, 0.25) is 0 Å². The molecule has 4 nitrogen and oxygen atoms in total. The first-order valence-corrected chi connectivity index (χ1v) is 8.23. The molecule has 19 heavy (non-hydrogen) atoms. The Morgan fingerprint density at radius 2 is 2.11 bits per heavy atom. The highest BCUT2D eigenvalue weighted by atomic mass is 79.9. The van der Waals surface area contributed by atoms with Crippen LogP contribution in [0.15, 0.2) is 25.8 Å². The number of hydrogen-bond donors (Lipinski definition) is 1. The topological polar surface area (TPSA) is 55.4 Å².